The molecule has 2 amide bonds. The number of ketones is 1. The number of thiophene rings is 2. The van der Waals surface area contributed by atoms with Gasteiger partial charge in [-0.2, -0.15) is 0 Å². The van der Waals surface area contributed by atoms with Crippen LogP contribution in [0.15, 0.2) is 18.2 Å². The van der Waals surface area contributed by atoms with Gasteiger partial charge in [-0.15, -0.1) is 22.7 Å². The van der Waals surface area contributed by atoms with E-state index in [0.29, 0.717) is 20.5 Å². The van der Waals surface area contributed by atoms with Gasteiger partial charge in [0.25, 0.3) is 11.8 Å². The zero-order valence-corrected chi connectivity index (χ0v) is 15.8. The molecule has 2 aromatic rings. The van der Waals surface area contributed by atoms with Crippen molar-refractivity contribution in [3.05, 3.63) is 43.3 Å². The fourth-order valence-corrected chi connectivity index (χ4v) is 4.85. The van der Waals surface area contributed by atoms with E-state index in [1.54, 1.807) is 12.1 Å². The van der Waals surface area contributed by atoms with Gasteiger partial charge in [-0.05, 0) is 55.9 Å². The number of fused-ring (bicyclic) bond motifs is 1. The van der Waals surface area contributed by atoms with Crippen molar-refractivity contribution in [2.24, 2.45) is 5.92 Å². The van der Waals surface area contributed by atoms with Gasteiger partial charge in [0.05, 0.1) is 14.6 Å². The van der Waals surface area contributed by atoms with E-state index in [-0.39, 0.29) is 11.7 Å². The first-order valence-electron chi connectivity index (χ1n) is 8.31. The zero-order chi connectivity index (χ0) is 18.0. The van der Waals surface area contributed by atoms with Gasteiger partial charge in [0, 0.05) is 4.88 Å². The Labute approximate surface area is 154 Å². The molecule has 0 fully saturated rings. The molecule has 0 bridgehead atoms. The quantitative estimate of drug-likeness (QED) is 0.632. The maximum atomic E-state index is 12.3. The van der Waals surface area contributed by atoms with Crippen LogP contribution in [0.5, 0.6) is 0 Å². The van der Waals surface area contributed by atoms with E-state index >= 15 is 0 Å². The molecule has 0 spiro atoms. The highest BCUT2D eigenvalue weighted by atomic mass is 32.1. The third-order valence-corrected chi connectivity index (χ3v) is 6.87. The van der Waals surface area contributed by atoms with Gasteiger partial charge in [0.1, 0.15) is 0 Å². The molecule has 25 heavy (non-hydrogen) atoms. The van der Waals surface area contributed by atoms with Crippen molar-refractivity contribution in [2.75, 3.05) is 0 Å². The van der Waals surface area contributed by atoms with Crippen LogP contribution in [-0.4, -0.2) is 17.6 Å². The Kier molecular flexibility index (Phi) is 5.34. The second kappa shape index (κ2) is 7.49. The predicted octanol–water partition coefficient (Wildman–Crippen LogP) is 3.60. The molecule has 1 atom stereocenters. The molecule has 2 heterocycles. The molecule has 0 aliphatic heterocycles. The number of Topliss-reactive ketones (excluding diaryl/α,β-unsaturated/α-hetero) is 1. The van der Waals surface area contributed by atoms with Crippen molar-refractivity contribution in [3.8, 4) is 0 Å². The summed E-state index contributed by atoms with van der Waals surface area (Å²) >= 11 is 2.62. The minimum Gasteiger partial charge on any atom is -0.294 e. The largest absolute Gasteiger partial charge is 0.294 e. The molecular weight excluding hydrogens is 356 g/mol. The number of amides is 2. The van der Waals surface area contributed by atoms with Gasteiger partial charge < -0.3 is 0 Å². The highest BCUT2D eigenvalue weighted by Crippen LogP contribution is 2.33. The summed E-state index contributed by atoms with van der Waals surface area (Å²) in [6.45, 7) is 3.66. The van der Waals surface area contributed by atoms with Crippen LogP contribution < -0.4 is 10.9 Å². The fourth-order valence-electron chi connectivity index (χ4n) is 2.95. The number of carbonyl (C=O) groups is 3. The molecule has 3 rings (SSSR count). The van der Waals surface area contributed by atoms with E-state index in [1.807, 2.05) is 6.07 Å². The summed E-state index contributed by atoms with van der Waals surface area (Å²) in [5, 5.41) is 0. The molecule has 1 aliphatic rings. The Morgan fingerprint density at radius 1 is 1.08 bits per heavy atom. The Morgan fingerprint density at radius 3 is 2.40 bits per heavy atom. The van der Waals surface area contributed by atoms with Gasteiger partial charge in [-0.1, -0.05) is 13.3 Å². The number of hydrogen-bond donors (Lipinski definition) is 2. The Balaban J connectivity index is 1.60. The van der Waals surface area contributed by atoms with E-state index in [0.717, 1.165) is 30.6 Å². The highest BCUT2D eigenvalue weighted by molar-refractivity contribution is 7.16. The number of aryl methyl sites for hydroxylation is 1. The van der Waals surface area contributed by atoms with Crippen molar-refractivity contribution in [1.82, 2.24) is 10.9 Å². The first-order chi connectivity index (χ1) is 12.0. The van der Waals surface area contributed by atoms with Crippen LogP contribution in [0.25, 0.3) is 0 Å². The maximum absolute atomic E-state index is 12.3. The lowest BCUT2D eigenvalue weighted by atomic mass is 9.87. The van der Waals surface area contributed by atoms with Gasteiger partial charge in [0.2, 0.25) is 0 Å². The van der Waals surface area contributed by atoms with E-state index in [4.69, 9.17) is 0 Å². The molecule has 2 aromatic heterocycles. The Morgan fingerprint density at radius 2 is 1.76 bits per heavy atom. The van der Waals surface area contributed by atoms with Crippen LogP contribution in [0, 0.1) is 5.92 Å². The Bertz CT molecular complexity index is 822. The topological polar surface area (TPSA) is 75.3 Å². The normalized spacial score (nSPS) is 16.2. The molecule has 0 unspecified atom stereocenters. The predicted molar refractivity (Wildman–Crippen MR) is 99.4 cm³/mol. The number of carbonyl (C=O) groups excluding carboxylic acids is 3. The molecule has 132 valence electrons. The van der Waals surface area contributed by atoms with E-state index in [2.05, 4.69) is 17.8 Å². The molecule has 0 radical (unpaired) electrons. The van der Waals surface area contributed by atoms with Crippen LogP contribution in [0.4, 0.5) is 0 Å². The van der Waals surface area contributed by atoms with Crippen LogP contribution in [0.2, 0.25) is 0 Å². The number of hydrogen-bond acceptors (Lipinski definition) is 5. The van der Waals surface area contributed by atoms with Crippen LogP contribution >= 0.6 is 22.7 Å². The molecule has 0 saturated heterocycles. The summed E-state index contributed by atoms with van der Waals surface area (Å²) in [4.78, 5) is 38.5. The first kappa shape index (κ1) is 17.8. The SMILES string of the molecule is CC[C@@H]1CCc2sc(C(=O)NNC(=O)c3ccc(C(C)=O)s3)cc2C1. The fraction of sp³-hybridized carbons (Fsp3) is 0.389. The average molecular weight is 377 g/mol. The molecule has 1 aliphatic carbocycles. The van der Waals surface area contributed by atoms with Crippen molar-refractivity contribution >= 4 is 40.3 Å². The summed E-state index contributed by atoms with van der Waals surface area (Å²) in [6.07, 6.45) is 4.40. The summed E-state index contributed by atoms with van der Waals surface area (Å²) in [6, 6.07) is 5.14. The van der Waals surface area contributed by atoms with Crippen molar-refractivity contribution in [1.29, 1.82) is 0 Å². The molecule has 0 saturated carbocycles. The third kappa shape index (κ3) is 3.99. The summed E-state index contributed by atoms with van der Waals surface area (Å²) in [5.41, 5.74) is 6.15. The Hall–Kier alpha value is -1.99. The van der Waals surface area contributed by atoms with Gasteiger partial charge in [0.15, 0.2) is 5.78 Å². The van der Waals surface area contributed by atoms with Gasteiger partial charge in [-0.25, -0.2) is 0 Å². The summed E-state index contributed by atoms with van der Waals surface area (Å²) < 4.78 is 0. The van der Waals surface area contributed by atoms with Crippen molar-refractivity contribution in [2.45, 2.75) is 39.5 Å². The molecule has 0 aromatic carbocycles. The lowest BCUT2D eigenvalue weighted by Crippen LogP contribution is -2.41. The van der Waals surface area contributed by atoms with Gasteiger partial charge >= 0.3 is 0 Å². The zero-order valence-electron chi connectivity index (χ0n) is 14.2. The van der Waals surface area contributed by atoms with E-state index < -0.39 is 5.91 Å². The highest BCUT2D eigenvalue weighted by Gasteiger charge is 2.22. The molecular formula is C18H20N2O3S2. The van der Waals surface area contributed by atoms with Crippen LogP contribution in [0.3, 0.4) is 0 Å². The van der Waals surface area contributed by atoms with Gasteiger partial charge in [-0.3, -0.25) is 25.2 Å². The van der Waals surface area contributed by atoms with Crippen LogP contribution in [-0.2, 0) is 12.8 Å². The van der Waals surface area contributed by atoms with Crippen LogP contribution in [0.1, 0.15) is 66.1 Å². The monoisotopic (exact) mass is 376 g/mol. The number of hydrazine groups is 1. The smallest absolute Gasteiger partial charge is 0.279 e. The maximum Gasteiger partial charge on any atom is 0.279 e. The minimum atomic E-state index is -0.418. The number of nitrogens with one attached hydrogen (secondary N) is 2. The van der Waals surface area contributed by atoms with E-state index in [9.17, 15) is 14.4 Å². The summed E-state index contributed by atoms with van der Waals surface area (Å²) in [5.74, 6) is -0.1000. The third-order valence-electron chi connectivity index (χ3n) is 4.45. The first-order valence-corrected chi connectivity index (χ1v) is 9.94. The standard InChI is InChI=1S/C18H20N2O3S2/c1-3-11-4-5-14-12(8-11)9-16(25-14)18(23)20-19-17(22)15-7-6-13(24-15)10(2)21/h6-7,9,11H,3-5,8H2,1-2H3,(H,19,22)(H,20,23)/t11-/m1/s1. The molecule has 2 N–H and O–H groups in total. The molecule has 5 nitrogen and oxygen atoms in total. The number of rotatable bonds is 4. The lowest BCUT2D eigenvalue weighted by Gasteiger charge is -2.19. The molecule has 7 heteroatoms. The van der Waals surface area contributed by atoms with E-state index in [1.165, 1.54) is 35.1 Å². The minimum absolute atomic E-state index is 0.0809. The summed E-state index contributed by atoms with van der Waals surface area (Å²) in [7, 11) is 0. The lowest BCUT2D eigenvalue weighted by molar-refractivity contribution is 0.0851. The second-order valence-electron chi connectivity index (χ2n) is 6.20. The van der Waals surface area contributed by atoms with Crippen molar-refractivity contribution < 1.29 is 14.4 Å². The second-order valence-corrected chi connectivity index (χ2v) is 8.42. The average Bonchev–Trinajstić information content (AvgIpc) is 3.25. The van der Waals surface area contributed by atoms with Crippen molar-refractivity contribution in [3.63, 3.8) is 0 Å².